The lowest BCUT2D eigenvalue weighted by atomic mass is 10.1. The fourth-order valence-corrected chi connectivity index (χ4v) is 2.62. The Hall–Kier alpha value is -2.41. The SMILES string of the molecule is COc1ccccc1C(=O)N1CCN(Cc2ncn[nH]2)CC1. The number of H-pyrrole nitrogens is 1. The summed E-state index contributed by atoms with van der Waals surface area (Å²) in [6.07, 6.45) is 1.51. The van der Waals surface area contributed by atoms with Gasteiger partial charge in [0.15, 0.2) is 0 Å². The second kappa shape index (κ2) is 6.57. The molecule has 1 aromatic heterocycles. The number of carbonyl (C=O) groups excluding carboxylic acids is 1. The monoisotopic (exact) mass is 301 g/mol. The van der Waals surface area contributed by atoms with Crippen molar-refractivity contribution in [2.75, 3.05) is 33.3 Å². The number of methoxy groups -OCH3 is 1. The maximum absolute atomic E-state index is 12.6. The van der Waals surface area contributed by atoms with E-state index in [0.717, 1.165) is 25.5 Å². The quantitative estimate of drug-likeness (QED) is 0.903. The van der Waals surface area contributed by atoms with Crippen LogP contribution in [0.5, 0.6) is 5.75 Å². The molecule has 1 fully saturated rings. The molecular formula is C15H19N5O2. The zero-order chi connectivity index (χ0) is 15.4. The molecule has 116 valence electrons. The van der Waals surface area contributed by atoms with Crippen molar-refractivity contribution < 1.29 is 9.53 Å². The average molecular weight is 301 g/mol. The van der Waals surface area contributed by atoms with E-state index in [9.17, 15) is 4.79 Å². The van der Waals surface area contributed by atoms with Gasteiger partial charge in [-0.2, -0.15) is 5.10 Å². The molecule has 3 rings (SSSR count). The van der Waals surface area contributed by atoms with Gasteiger partial charge in [0, 0.05) is 26.2 Å². The van der Waals surface area contributed by atoms with Crippen molar-refractivity contribution >= 4 is 5.91 Å². The van der Waals surface area contributed by atoms with Gasteiger partial charge in [-0.05, 0) is 12.1 Å². The number of rotatable bonds is 4. The van der Waals surface area contributed by atoms with Gasteiger partial charge in [-0.25, -0.2) is 4.98 Å². The van der Waals surface area contributed by atoms with Gasteiger partial charge in [-0.3, -0.25) is 14.8 Å². The number of ether oxygens (including phenoxy) is 1. The van der Waals surface area contributed by atoms with Crippen molar-refractivity contribution in [2.45, 2.75) is 6.54 Å². The number of carbonyl (C=O) groups is 1. The van der Waals surface area contributed by atoms with Crippen molar-refractivity contribution in [1.29, 1.82) is 0 Å². The number of piperazine rings is 1. The third-order valence-electron chi connectivity index (χ3n) is 3.84. The lowest BCUT2D eigenvalue weighted by molar-refractivity contribution is 0.0622. The van der Waals surface area contributed by atoms with Crippen molar-refractivity contribution in [2.24, 2.45) is 0 Å². The first kappa shape index (κ1) is 14.5. The van der Waals surface area contributed by atoms with E-state index in [1.165, 1.54) is 6.33 Å². The molecule has 1 N–H and O–H groups in total. The van der Waals surface area contributed by atoms with Crippen LogP contribution < -0.4 is 4.74 Å². The molecular weight excluding hydrogens is 282 g/mol. The highest BCUT2D eigenvalue weighted by Crippen LogP contribution is 2.20. The summed E-state index contributed by atoms with van der Waals surface area (Å²) in [4.78, 5) is 20.9. The topological polar surface area (TPSA) is 74.3 Å². The summed E-state index contributed by atoms with van der Waals surface area (Å²) in [5.41, 5.74) is 0.619. The summed E-state index contributed by atoms with van der Waals surface area (Å²) in [5.74, 6) is 1.50. The Morgan fingerprint density at radius 2 is 2.05 bits per heavy atom. The Bertz CT molecular complexity index is 621. The van der Waals surface area contributed by atoms with E-state index in [1.54, 1.807) is 7.11 Å². The summed E-state index contributed by atoms with van der Waals surface area (Å²) in [5, 5.41) is 6.71. The summed E-state index contributed by atoms with van der Waals surface area (Å²) in [6, 6.07) is 7.34. The fourth-order valence-electron chi connectivity index (χ4n) is 2.62. The molecule has 0 aliphatic carbocycles. The second-order valence-electron chi connectivity index (χ2n) is 5.20. The molecule has 2 heterocycles. The van der Waals surface area contributed by atoms with E-state index in [2.05, 4.69) is 20.1 Å². The smallest absolute Gasteiger partial charge is 0.257 e. The van der Waals surface area contributed by atoms with Crippen LogP contribution in [0.1, 0.15) is 16.2 Å². The first-order valence-electron chi connectivity index (χ1n) is 7.27. The molecule has 1 aliphatic rings. The van der Waals surface area contributed by atoms with Crippen LogP contribution in [0.2, 0.25) is 0 Å². The molecule has 0 radical (unpaired) electrons. The van der Waals surface area contributed by atoms with Crippen LogP contribution in [0, 0.1) is 0 Å². The maximum atomic E-state index is 12.6. The average Bonchev–Trinajstić information content (AvgIpc) is 3.08. The van der Waals surface area contributed by atoms with Gasteiger partial charge in [-0.15, -0.1) is 0 Å². The van der Waals surface area contributed by atoms with Gasteiger partial charge in [0.2, 0.25) is 0 Å². The van der Waals surface area contributed by atoms with Gasteiger partial charge in [0.25, 0.3) is 5.91 Å². The van der Waals surface area contributed by atoms with Gasteiger partial charge < -0.3 is 9.64 Å². The Morgan fingerprint density at radius 1 is 1.27 bits per heavy atom. The zero-order valence-corrected chi connectivity index (χ0v) is 12.5. The Morgan fingerprint density at radius 3 is 2.73 bits per heavy atom. The molecule has 1 aliphatic heterocycles. The summed E-state index contributed by atoms with van der Waals surface area (Å²) in [7, 11) is 1.58. The number of aromatic amines is 1. The number of amides is 1. The fraction of sp³-hybridized carbons (Fsp3) is 0.400. The first-order chi connectivity index (χ1) is 10.8. The highest BCUT2D eigenvalue weighted by Gasteiger charge is 2.24. The number of hydrogen-bond acceptors (Lipinski definition) is 5. The largest absolute Gasteiger partial charge is 0.496 e. The summed E-state index contributed by atoms with van der Waals surface area (Å²) in [6.45, 7) is 3.77. The lowest BCUT2D eigenvalue weighted by Crippen LogP contribution is -2.48. The number of benzene rings is 1. The van der Waals surface area contributed by atoms with Crippen LogP contribution >= 0.6 is 0 Å². The molecule has 0 spiro atoms. The van der Waals surface area contributed by atoms with Crippen molar-refractivity contribution in [3.05, 3.63) is 42.0 Å². The normalized spacial score (nSPS) is 15.8. The van der Waals surface area contributed by atoms with Gasteiger partial charge in [0.05, 0.1) is 19.2 Å². The van der Waals surface area contributed by atoms with E-state index >= 15 is 0 Å². The zero-order valence-electron chi connectivity index (χ0n) is 12.5. The van der Waals surface area contributed by atoms with E-state index in [1.807, 2.05) is 29.2 Å². The van der Waals surface area contributed by atoms with Crippen LogP contribution in [0.4, 0.5) is 0 Å². The molecule has 1 amide bonds. The van der Waals surface area contributed by atoms with Gasteiger partial charge >= 0.3 is 0 Å². The minimum absolute atomic E-state index is 0.0248. The van der Waals surface area contributed by atoms with Crippen molar-refractivity contribution in [1.82, 2.24) is 25.0 Å². The molecule has 1 saturated heterocycles. The first-order valence-corrected chi connectivity index (χ1v) is 7.27. The van der Waals surface area contributed by atoms with E-state index in [-0.39, 0.29) is 5.91 Å². The van der Waals surface area contributed by atoms with Gasteiger partial charge in [0.1, 0.15) is 17.9 Å². The van der Waals surface area contributed by atoms with Crippen LogP contribution in [0.3, 0.4) is 0 Å². The minimum atomic E-state index is 0.0248. The number of nitrogens with zero attached hydrogens (tertiary/aromatic N) is 4. The lowest BCUT2D eigenvalue weighted by Gasteiger charge is -2.34. The molecule has 2 aromatic rings. The predicted octanol–water partition coefficient (Wildman–Crippen LogP) is 0.771. The van der Waals surface area contributed by atoms with E-state index in [0.29, 0.717) is 24.4 Å². The number of nitrogens with one attached hydrogen (secondary N) is 1. The molecule has 22 heavy (non-hydrogen) atoms. The van der Waals surface area contributed by atoms with E-state index in [4.69, 9.17) is 4.74 Å². The number of aromatic nitrogens is 3. The highest BCUT2D eigenvalue weighted by atomic mass is 16.5. The Kier molecular flexibility index (Phi) is 4.34. The summed E-state index contributed by atoms with van der Waals surface area (Å²) >= 11 is 0. The number of para-hydroxylation sites is 1. The Labute approximate surface area is 128 Å². The standard InChI is InChI=1S/C15H19N5O2/c1-22-13-5-3-2-4-12(13)15(21)20-8-6-19(7-9-20)10-14-16-11-17-18-14/h2-5,11H,6-10H2,1H3,(H,16,17,18). The molecule has 0 unspecified atom stereocenters. The maximum Gasteiger partial charge on any atom is 0.257 e. The van der Waals surface area contributed by atoms with Crippen molar-refractivity contribution in [3.63, 3.8) is 0 Å². The van der Waals surface area contributed by atoms with Gasteiger partial charge in [-0.1, -0.05) is 12.1 Å². The third-order valence-corrected chi connectivity index (χ3v) is 3.84. The molecule has 0 atom stereocenters. The predicted molar refractivity (Wildman–Crippen MR) is 80.6 cm³/mol. The number of hydrogen-bond donors (Lipinski definition) is 1. The molecule has 1 aromatic carbocycles. The van der Waals surface area contributed by atoms with E-state index < -0.39 is 0 Å². The van der Waals surface area contributed by atoms with Crippen LogP contribution in [-0.2, 0) is 6.54 Å². The Balaban J connectivity index is 1.60. The molecule has 0 bridgehead atoms. The third kappa shape index (κ3) is 3.09. The van der Waals surface area contributed by atoms with Crippen molar-refractivity contribution in [3.8, 4) is 5.75 Å². The second-order valence-corrected chi connectivity index (χ2v) is 5.20. The van der Waals surface area contributed by atoms with Crippen LogP contribution in [-0.4, -0.2) is 64.2 Å². The molecule has 7 heteroatoms. The highest BCUT2D eigenvalue weighted by molar-refractivity contribution is 5.97. The molecule has 0 saturated carbocycles. The molecule has 7 nitrogen and oxygen atoms in total. The summed E-state index contributed by atoms with van der Waals surface area (Å²) < 4.78 is 5.27. The minimum Gasteiger partial charge on any atom is -0.496 e. The van der Waals surface area contributed by atoms with Crippen LogP contribution in [0.15, 0.2) is 30.6 Å². The van der Waals surface area contributed by atoms with Crippen LogP contribution in [0.25, 0.3) is 0 Å².